The molecule has 0 bridgehead atoms. The van der Waals surface area contributed by atoms with Gasteiger partial charge in [0.05, 0.1) is 17.3 Å². The number of carbonyl (C=O) groups excluding carboxylic acids is 1. The fraction of sp³-hybridized carbons (Fsp3) is 0.176. The Morgan fingerprint density at radius 1 is 1.08 bits per heavy atom. The first-order chi connectivity index (χ1) is 12.0. The van der Waals surface area contributed by atoms with Gasteiger partial charge in [0.25, 0.3) is 5.91 Å². The van der Waals surface area contributed by atoms with Gasteiger partial charge in [-0.05, 0) is 59.3 Å². The second kappa shape index (κ2) is 9.94. The van der Waals surface area contributed by atoms with Crippen molar-refractivity contribution in [2.24, 2.45) is 5.10 Å². The average molecular weight is 535 g/mol. The molecule has 8 heteroatoms. The molecular formula is C17H15Br3N2O3. The molecular weight excluding hydrogens is 520 g/mol. The number of nitrogens with one attached hydrogen (secondary N) is 1. The predicted octanol–water partition coefficient (Wildman–Crippen LogP) is 4.90. The first-order valence-electron chi connectivity index (χ1n) is 7.31. The number of carbonyl (C=O) groups is 1. The SMILES string of the molecule is CCOc1ccc(Br)cc1/C=N/NC(=O)COc1ccc(Br)cc1Br. The third-order valence-corrected chi connectivity index (χ3v) is 4.52. The molecule has 0 saturated carbocycles. The number of hydrazone groups is 1. The normalized spacial score (nSPS) is 10.7. The minimum atomic E-state index is -0.362. The quantitative estimate of drug-likeness (QED) is 0.406. The maximum absolute atomic E-state index is 11.8. The third kappa shape index (κ3) is 6.45. The lowest BCUT2D eigenvalue weighted by Crippen LogP contribution is -2.24. The van der Waals surface area contributed by atoms with E-state index in [0.29, 0.717) is 18.1 Å². The Labute approximate surface area is 171 Å². The van der Waals surface area contributed by atoms with Gasteiger partial charge in [0.1, 0.15) is 11.5 Å². The highest BCUT2D eigenvalue weighted by molar-refractivity contribution is 9.11. The Morgan fingerprint density at radius 3 is 2.44 bits per heavy atom. The number of nitrogens with zero attached hydrogens (tertiary/aromatic N) is 1. The molecule has 0 saturated heterocycles. The molecule has 2 aromatic carbocycles. The zero-order valence-electron chi connectivity index (χ0n) is 13.3. The van der Waals surface area contributed by atoms with Crippen LogP contribution in [0.3, 0.4) is 0 Å². The molecule has 2 rings (SSSR count). The van der Waals surface area contributed by atoms with Crippen molar-refractivity contribution < 1.29 is 14.3 Å². The highest BCUT2D eigenvalue weighted by Gasteiger charge is 2.06. The van der Waals surface area contributed by atoms with E-state index in [1.165, 1.54) is 6.21 Å². The van der Waals surface area contributed by atoms with Gasteiger partial charge in [0.2, 0.25) is 0 Å². The lowest BCUT2D eigenvalue weighted by molar-refractivity contribution is -0.123. The van der Waals surface area contributed by atoms with Crippen LogP contribution in [0, 0.1) is 0 Å². The smallest absolute Gasteiger partial charge is 0.277 e. The van der Waals surface area contributed by atoms with Crippen molar-refractivity contribution in [3.05, 3.63) is 55.4 Å². The van der Waals surface area contributed by atoms with Crippen molar-refractivity contribution in [2.75, 3.05) is 13.2 Å². The van der Waals surface area contributed by atoms with Gasteiger partial charge in [0.15, 0.2) is 6.61 Å². The summed E-state index contributed by atoms with van der Waals surface area (Å²) in [6.45, 7) is 2.31. The van der Waals surface area contributed by atoms with Crippen LogP contribution in [0.25, 0.3) is 0 Å². The van der Waals surface area contributed by atoms with E-state index in [9.17, 15) is 4.79 Å². The molecule has 0 aliphatic carbocycles. The van der Waals surface area contributed by atoms with Crippen molar-refractivity contribution in [1.29, 1.82) is 0 Å². The van der Waals surface area contributed by atoms with Crippen molar-refractivity contribution in [3.8, 4) is 11.5 Å². The highest BCUT2D eigenvalue weighted by Crippen LogP contribution is 2.28. The molecule has 0 radical (unpaired) electrons. The molecule has 0 aromatic heterocycles. The molecule has 0 fully saturated rings. The third-order valence-electron chi connectivity index (χ3n) is 2.92. The molecule has 0 spiro atoms. The first kappa shape index (κ1) is 19.9. The second-order valence-corrected chi connectivity index (χ2v) is 7.46. The second-order valence-electron chi connectivity index (χ2n) is 4.77. The van der Waals surface area contributed by atoms with Gasteiger partial charge in [-0.2, -0.15) is 5.10 Å². The summed E-state index contributed by atoms with van der Waals surface area (Å²) < 4.78 is 13.5. The largest absolute Gasteiger partial charge is 0.493 e. The molecule has 2 aromatic rings. The number of benzene rings is 2. The lowest BCUT2D eigenvalue weighted by atomic mass is 10.2. The Bertz CT molecular complexity index is 782. The Kier molecular flexibility index (Phi) is 7.92. The number of hydrogen-bond donors (Lipinski definition) is 1. The Morgan fingerprint density at radius 2 is 1.76 bits per heavy atom. The Balaban J connectivity index is 1.91. The zero-order valence-corrected chi connectivity index (χ0v) is 18.0. The summed E-state index contributed by atoms with van der Waals surface area (Å²) >= 11 is 10.1. The number of rotatable bonds is 7. The predicted molar refractivity (Wildman–Crippen MR) is 108 cm³/mol. The molecule has 0 unspecified atom stereocenters. The lowest BCUT2D eigenvalue weighted by Gasteiger charge is -2.08. The van der Waals surface area contributed by atoms with Crippen LogP contribution in [0.2, 0.25) is 0 Å². The van der Waals surface area contributed by atoms with E-state index in [-0.39, 0.29) is 12.5 Å². The van der Waals surface area contributed by atoms with Gasteiger partial charge < -0.3 is 9.47 Å². The minimum absolute atomic E-state index is 0.144. The van der Waals surface area contributed by atoms with Gasteiger partial charge in [-0.3, -0.25) is 4.79 Å². The van der Waals surface area contributed by atoms with E-state index in [2.05, 4.69) is 58.3 Å². The van der Waals surface area contributed by atoms with Crippen molar-refractivity contribution in [2.45, 2.75) is 6.92 Å². The highest BCUT2D eigenvalue weighted by atomic mass is 79.9. The van der Waals surface area contributed by atoms with Crippen LogP contribution in [0.4, 0.5) is 0 Å². The van der Waals surface area contributed by atoms with Gasteiger partial charge in [-0.25, -0.2) is 5.43 Å². The summed E-state index contributed by atoms with van der Waals surface area (Å²) in [5, 5.41) is 3.95. The Hall–Kier alpha value is -1.38. The molecule has 0 atom stereocenters. The topological polar surface area (TPSA) is 59.9 Å². The summed E-state index contributed by atoms with van der Waals surface area (Å²) in [7, 11) is 0. The van der Waals surface area contributed by atoms with Gasteiger partial charge in [-0.15, -0.1) is 0 Å². The molecule has 0 heterocycles. The molecule has 132 valence electrons. The summed E-state index contributed by atoms with van der Waals surface area (Å²) in [5.74, 6) is 0.908. The fourth-order valence-corrected chi connectivity index (χ4v) is 3.39. The van der Waals surface area contributed by atoms with Crippen molar-refractivity contribution in [1.82, 2.24) is 5.43 Å². The van der Waals surface area contributed by atoms with Crippen LogP contribution in [0.5, 0.6) is 11.5 Å². The maximum atomic E-state index is 11.8. The zero-order chi connectivity index (χ0) is 18.2. The van der Waals surface area contributed by atoms with E-state index in [1.807, 2.05) is 37.3 Å². The first-order valence-corrected chi connectivity index (χ1v) is 9.69. The number of amides is 1. The van der Waals surface area contributed by atoms with Crippen LogP contribution >= 0.6 is 47.8 Å². The summed E-state index contributed by atoms with van der Waals surface area (Å²) in [4.78, 5) is 11.8. The van der Waals surface area contributed by atoms with Crippen molar-refractivity contribution >= 4 is 59.9 Å². The number of halogens is 3. The van der Waals surface area contributed by atoms with Crippen LogP contribution in [0.15, 0.2) is 54.9 Å². The summed E-state index contributed by atoms with van der Waals surface area (Å²) in [6.07, 6.45) is 1.53. The van der Waals surface area contributed by atoms with Gasteiger partial charge in [-0.1, -0.05) is 31.9 Å². The summed E-state index contributed by atoms with van der Waals surface area (Å²) in [6, 6.07) is 11.0. The van der Waals surface area contributed by atoms with Crippen LogP contribution in [0.1, 0.15) is 12.5 Å². The fourth-order valence-electron chi connectivity index (χ4n) is 1.85. The number of hydrogen-bond acceptors (Lipinski definition) is 4. The monoisotopic (exact) mass is 532 g/mol. The van der Waals surface area contributed by atoms with E-state index in [4.69, 9.17) is 9.47 Å². The van der Waals surface area contributed by atoms with E-state index in [1.54, 1.807) is 6.07 Å². The summed E-state index contributed by atoms with van der Waals surface area (Å²) in [5.41, 5.74) is 3.19. The van der Waals surface area contributed by atoms with Crippen LogP contribution in [-0.4, -0.2) is 25.3 Å². The van der Waals surface area contributed by atoms with E-state index < -0.39 is 0 Å². The standard InChI is InChI=1S/C17H15Br3N2O3/c1-2-24-15-5-3-12(18)7-11(15)9-21-22-17(23)10-25-16-6-4-13(19)8-14(16)20/h3-9H,2,10H2,1H3,(H,22,23)/b21-9+. The van der Waals surface area contributed by atoms with Gasteiger partial charge in [0, 0.05) is 14.5 Å². The molecule has 0 aliphatic rings. The molecule has 5 nitrogen and oxygen atoms in total. The molecule has 0 aliphatic heterocycles. The van der Waals surface area contributed by atoms with Gasteiger partial charge >= 0.3 is 0 Å². The minimum Gasteiger partial charge on any atom is -0.493 e. The van der Waals surface area contributed by atoms with Crippen molar-refractivity contribution in [3.63, 3.8) is 0 Å². The average Bonchev–Trinajstić information content (AvgIpc) is 2.56. The van der Waals surface area contributed by atoms with Crippen LogP contribution < -0.4 is 14.9 Å². The maximum Gasteiger partial charge on any atom is 0.277 e. The van der Waals surface area contributed by atoms with E-state index in [0.717, 1.165) is 19.0 Å². The molecule has 1 N–H and O–H groups in total. The molecule has 1 amide bonds. The van der Waals surface area contributed by atoms with E-state index >= 15 is 0 Å². The number of ether oxygens (including phenoxy) is 2. The molecule has 25 heavy (non-hydrogen) atoms. The van der Waals surface area contributed by atoms with Crippen LogP contribution in [-0.2, 0) is 4.79 Å².